The second-order valence-corrected chi connectivity index (χ2v) is 5.26. The summed E-state index contributed by atoms with van der Waals surface area (Å²) in [6, 6.07) is 16.4. The molecule has 23 heavy (non-hydrogen) atoms. The van der Waals surface area contributed by atoms with Gasteiger partial charge in [0.1, 0.15) is 5.56 Å². The van der Waals surface area contributed by atoms with E-state index in [0.29, 0.717) is 11.2 Å². The molecule has 0 bridgehead atoms. The number of aromatic amines is 1. The van der Waals surface area contributed by atoms with E-state index >= 15 is 0 Å². The fourth-order valence-electron chi connectivity index (χ4n) is 2.44. The number of anilines is 1. The van der Waals surface area contributed by atoms with Crippen LogP contribution in [0, 0.1) is 0 Å². The Morgan fingerprint density at radius 3 is 2.52 bits per heavy atom. The number of para-hydroxylation sites is 1. The zero-order chi connectivity index (χ0) is 16.4. The largest absolute Gasteiger partial charge is 0.321 e. The summed E-state index contributed by atoms with van der Waals surface area (Å²) in [6.45, 7) is 3.70. The van der Waals surface area contributed by atoms with Crippen LogP contribution in [0.3, 0.4) is 0 Å². The lowest BCUT2D eigenvalue weighted by atomic mass is 10.1. The Morgan fingerprint density at radius 2 is 1.83 bits per heavy atom. The zero-order valence-electron chi connectivity index (χ0n) is 12.7. The highest BCUT2D eigenvalue weighted by Gasteiger charge is 2.17. The molecule has 0 aliphatic heterocycles. The van der Waals surface area contributed by atoms with Gasteiger partial charge in [-0.15, -0.1) is 0 Å². The van der Waals surface area contributed by atoms with Crippen molar-refractivity contribution in [2.75, 3.05) is 11.9 Å². The van der Waals surface area contributed by atoms with Crippen LogP contribution in [0.4, 0.5) is 5.69 Å². The number of pyridine rings is 1. The number of hydrogen-bond donors (Lipinski definition) is 1. The van der Waals surface area contributed by atoms with Crippen LogP contribution in [-0.2, 0) is 0 Å². The molecule has 2 aromatic carbocycles. The zero-order valence-corrected chi connectivity index (χ0v) is 12.7. The third kappa shape index (κ3) is 2.79. The number of fused-ring (bicyclic) bond motifs is 1. The number of nitrogens with one attached hydrogen (secondary N) is 1. The summed E-state index contributed by atoms with van der Waals surface area (Å²) >= 11 is 0. The highest BCUT2D eigenvalue weighted by Crippen LogP contribution is 2.17. The van der Waals surface area contributed by atoms with E-state index in [1.54, 1.807) is 19.2 Å². The van der Waals surface area contributed by atoms with Crippen molar-refractivity contribution in [1.29, 1.82) is 0 Å². The lowest BCUT2D eigenvalue weighted by Crippen LogP contribution is -2.31. The van der Waals surface area contributed by atoms with E-state index in [1.807, 2.05) is 48.5 Å². The smallest absolute Gasteiger partial charge is 0.263 e. The van der Waals surface area contributed by atoms with Crippen LogP contribution in [0.5, 0.6) is 0 Å². The van der Waals surface area contributed by atoms with Crippen LogP contribution in [0.2, 0.25) is 0 Å². The number of nitrogens with zero attached hydrogens (tertiary/aromatic N) is 1. The van der Waals surface area contributed by atoms with Crippen molar-refractivity contribution in [1.82, 2.24) is 4.98 Å². The SMILES string of the molecule is C=Cc1ccc(N(C)C(=O)c2cc3ccccc3[nH]c2=O)cc1. The molecule has 0 aliphatic carbocycles. The second-order valence-electron chi connectivity index (χ2n) is 5.26. The normalized spacial score (nSPS) is 10.5. The van der Waals surface area contributed by atoms with E-state index < -0.39 is 0 Å². The Labute approximate surface area is 133 Å². The average Bonchev–Trinajstić information content (AvgIpc) is 2.60. The van der Waals surface area contributed by atoms with Gasteiger partial charge in [-0.05, 0) is 35.2 Å². The lowest BCUT2D eigenvalue weighted by Gasteiger charge is -2.17. The highest BCUT2D eigenvalue weighted by molar-refractivity contribution is 6.07. The molecule has 0 unspecified atom stereocenters. The molecule has 4 heteroatoms. The van der Waals surface area contributed by atoms with Gasteiger partial charge >= 0.3 is 0 Å². The number of carbonyl (C=O) groups excluding carboxylic acids is 1. The van der Waals surface area contributed by atoms with E-state index in [-0.39, 0.29) is 17.0 Å². The molecule has 0 spiro atoms. The molecule has 4 nitrogen and oxygen atoms in total. The predicted molar refractivity (Wildman–Crippen MR) is 93.8 cm³/mol. The Bertz CT molecular complexity index is 939. The molecule has 3 rings (SSSR count). The number of amides is 1. The van der Waals surface area contributed by atoms with E-state index in [0.717, 1.165) is 10.9 Å². The summed E-state index contributed by atoms with van der Waals surface area (Å²) in [5.41, 5.74) is 2.14. The number of carbonyl (C=O) groups is 1. The Balaban J connectivity index is 1.99. The minimum absolute atomic E-state index is 0.124. The summed E-state index contributed by atoms with van der Waals surface area (Å²) in [7, 11) is 1.65. The maximum atomic E-state index is 12.6. The number of aromatic nitrogens is 1. The Kier molecular flexibility index (Phi) is 3.81. The number of H-pyrrole nitrogens is 1. The van der Waals surface area contributed by atoms with E-state index in [4.69, 9.17) is 0 Å². The fourth-order valence-corrected chi connectivity index (χ4v) is 2.44. The van der Waals surface area contributed by atoms with Gasteiger partial charge in [-0.2, -0.15) is 0 Å². The maximum absolute atomic E-state index is 12.6. The van der Waals surface area contributed by atoms with Crippen LogP contribution < -0.4 is 10.5 Å². The summed E-state index contributed by atoms with van der Waals surface area (Å²) in [6.07, 6.45) is 1.74. The van der Waals surface area contributed by atoms with Gasteiger partial charge in [-0.3, -0.25) is 9.59 Å². The molecular formula is C19H16N2O2. The molecule has 1 heterocycles. The quantitative estimate of drug-likeness (QED) is 0.806. The molecule has 1 N–H and O–H groups in total. The molecule has 0 atom stereocenters. The van der Waals surface area contributed by atoms with Gasteiger partial charge in [-0.1, -0.05) is 43.0 Å². The molecular weight excluding hydrogens is 288 g/mol. The summed E-state index contributed by atoms with van der Waals surface area (Å²) < 4.78 is 0. The van der Waals surface area contributed by atoms with Gasteiger partial charge < -0.3 is 9.88 Å². The topological polar surface area (TPSA) is 53.2 Å². The minimum Gasteiger partial charge on any atom is -0.321 e. The molecule has 1 amide bonds. The van der Waals surface area contributed by atoms with Crippen molar-refractivity contribution < 1.29 is 4.79 Å². The number of rotatable bonds is 3. The molecule has 0 fully saturated rings. The Hall–Kier alpha value is -3.14. The van der Waals surface area contributed by atoms with E-state index in [1.165, 1.54) is 4.90 Å². The monoisotopic (exact) mass is 304 g/mol. The first-order valence-corrected chi connectivity index (χ1v) is 7.23. The average molecular weight is 304 g/mol. The van der Waals surface area contributed by atoms with E-state index in [2.05, 4.69) is 11.6 Å². The standard InChI is InChI=1S/C19H16N2O2/c1-3-13-8-10-15(11-9-13)21(2)19(23)16-12-14-6-4-5-7-17(14)20-18(16)22/h3-12H,1H2,2H3,(H,20,22). The summed E-state index contributed by atoms with van der Waals surface area (Å²) in [5, 5.41) is 0.825. The number of hydrogen-bond acceptors (Lipinski definition) is 2. The molecule has 0 radical (unpaired) electrons. The highest BCUT2D eigenvalue weighted by atomic mass is 16.2. The van der Waals surface area contributed by atoms with Crippen LogP contribution >= 0.6 is 0 Å². The van der Waals surface area contributed by atoms with Crippen molar-refractivity contribution >= 4 is 28.6 Å². The van der Waals surface area contributed by atoms with Crippen molar-refractivity contribution in [3.8, 4) is 0 Å². The van der Waals surface area contributed by atoms with Crippen molar-refractivity contribution in [3.05, 3.63) is 82.7 Å². The van der Waals surface area contributed by atoms with Gasteiger partial charge in [0, 0.05) is 18.3 Å². The first-order valence-electron chi connectivity index (χ1n) is 7.23. The summed E-state index contributed by atoms with van der Waals surface area (Å²) in [4.78, 5) is 29.1. The van der Waals surface area contributed by atoms with Crippen LogP contribution in [-0.4, -0.2) is 17.9 Å². The third-order valence-electron chi connectivity index (χ3n) is 3.80. The van der Waals surface area contributed by atoms with Crippen LogP contribution in [0.15, 0.2) is 66.0 Å². The van der Waals surface area contributed by atoms with Gasteiger partial charge in [0.2, 0.25) is 0 Å². The van der Waals surface area contributed by atoms with Gasteiger partial charge in [-0.25, -0.2) is 0 Å². The molecule has 3 aromatic rings. The first-order chi connectivity index (χ1) is 11.1. The van der Waals surface area contributed by atoms with Crippen LogP contribution in [0.1, 0.15) is 15.9 Å². The maximum Gasteiger partial charge on any atom is 0.263 e. The van der Waals surface area contributed by atoms with Crippen molar-refractivity contribution in [2.45, 2.75) is 0 Å². The molecule has 0 saturated carbocycles. The van der Waals surface area contributed by atoms with Crippen LogP contribution in [0.25, 0.3) is 17.0 Å². The Morgan fingerprint density at radius 1 is 1.13 bits per heavy atom. The van der Waals surface area contributed by atoms with Gasteiger partial charge in [0.15, 0.2) is 0 Å². The molecule has 114 valence electrons. The van der Waals surface area contributed by atoms with Gasteiger partial charge in [0.25, 0.3) is 11.5 Å². The molecule has 0 saturated heterocycles. The van der Waals surface area contributed by atoms with Crippen molar-refractivity contribution in [2.24, 2.45) is 0 Å². The first kappa shape index (κ1) is 14.8. The number of benzene rings is 2. The molecule has 0 aliphatic rings. The summed E-state index contributed by atoms with van der Waals surface area (Å²) in [5.74, 6) is -0.344. The lowest BCUT2D eigenvalue weighted by molar-refractivity contribution is 0.0991. The molecule has 1 aromatic heterocycles. The third-order valence-corrected chi connectivity index (χ3v) is 3.80. The predicted octanol–water partition coefficient (Wildman–Crippen LogP) is 3.45. The van der Waals surface area contributed by atoms with Gasteiger partial charge in [0.05, 0.1) is 0 Å². The second kappa shape index (κ2) is 5.93. The van der Waals surface area contributed by atoms with E-state index in [9.17, 15) is 9.59 Å². The fraction of sp³-hybridized carbons (Fsp3) is 0.0526. The van der Waals surface area contributed by atoms with Crippen molar-refractivity contribution in [3.63, 3.8) is 0 Å². The minimum atomic E-state index is -0.386.